The molecular formula is C9H10N2O3. The topological polar surface area (TPSA) is 83.0 Å². The second-order valence-corrected chi connectivity index (χ2v) is 3.36. The Morgan fingerprint density at radius 3 is 2.79 bits per heavy atom. The molecule has 1 aliphatic carbocycles. The van der Waals surface area contributed by atoms with Gasteiger partial charge in [-0.3, -0.25) is 0 Å². The molecule has 0 aromatic carbocycles. The van der Waals surface area contributed by atoms with Gasteiger partial charge in [-0.25, -0.2) is 9.59 Å². The van der Waals surface area contributed by atoms with Crippen molar-refractivity contribution < 1.29 is 9.90 Å². The van der Waals surface area contributed by atoms with E-state index >= 15 is 0 Å². The van der Waals surface area contributed by atoms with Gasteiger partial charge in [0.05, 0.1) is 0 Å². The summed E-state index contributed by atoms with van der Waals surface area (Å²) in [6.07, 6.45) is 3.39. The fraction of sp³-hybridized carbons (Fsp3) is 0.444. The quantitative estimate of drug-likeness (QED) is 0.675. The number of hydrogen-bond acceptors (Lipinski definition) is 3. The van der Waals surface area contributed by atoms with Crippen molar-refractivity contribution in [2.75, 3.05) is 0 Å². The summed E-state index contributed by atoms with van der Waals surface area (Å²) >= 11 is 0. The molecule has 1 aliphatic rings. The number of aromatic amines is 1. The Kier molecular flexibility index (Phi) is 2.07. The Hall–Kier alpha value is -1.65. The van der Waals surface area contributed by atoms with Gasteiger partial charge in [-0.2, -0.15) is 4.98 Å². The van der Waals surface area contributed by atoms with Crippen molar-refractivity contribution in [1.29, 1.82) is 0 Å². The molecule has 0 amide bonds. The molecule has 5 heteroatoms. The number of carboxylic acids is 1. The van der Waals surface area contributed by atoms with Gasteiger partial charge in [0.15, 0.2) is 5.69 Å². The number of hydrogen-bond donors (Lipinski definition) is 2. The third-order valence-corrected chi connectivity index (χ3v) is 2.43. The summed E-state index contributed by atoms with van der Waals surface area (Å²) in [5.41, 5.74) is 0.795. The lowest BCUT2D eigenvalue weighted by Crippen LogP contribution is -2.23. The summed E-state index contributed by atoms with van der Waals surface area (Å²) < 4.78 is 0. The average molecular weight is 194 g/mol. The highest BCUT2D eigenvalue weighted by molar-refractivity contribution is 5.87. The molecule has 74 valence electrons. The first-order valence-corrected chi connectivity index (χ1v) is 4.54. The predicted molar refractivity (Wildman–Crippen MR) is 48.5 cm³/mol. The van der Waals surface area contributed by atoms with Gasteiger partial charge in [0.1, 0.15) is 0 Å². The van der Waals surface area contributed by atoms with Crippen LogP contribution in [0.15, 0.2) is 4.79 Å². The zero-order chi connectivity index (χ0) is 10.1. The van der Waals surface area contributed by atoms with Crippen LogP contribution in [-0.2, 0) is 12.8 Å². The Morgan fingerprint density at radius 1 is 1.36 bits per heavy atom. The SMILES string of the molecule is O=C(O)c1nc(=O)[nH]c2c1CCCC2. The third-order valence-electron chi connectivity index (χ3n) is 2.43. The van der Waals surface area contributed by atoms with E-state index in [0.717, 1.165) is 25.0 Å². The highest BCUT2D eigenvalue weighted by atomic mass is 16.4. The fourth-order valence-electron chi connectivity index (χ4n) is 1.81. The van der Waals surface area contributed by atoms with E-state index in [2.05, 4.69) is 9.97 Å². The summed E-state index contributed by atoms with van der Waals surface area (Å²) in [4.78, 5) is 27.9. The van der Waals surface area contributed by atoms with E-state index in [-0.39, 0.29) is 5.69 Å². The maximum atomic E-state index is 11.0. The third kappa shape index (κ3) is 1.41. The molecule has 0 saturated carbocycles. The molecule has 1 aromatic heterocycles. The van der Waals surface area contributed by atoms with Gasteiger partial charge in [0, 0.05) is 11.3 Å². The number of fused-ring (bicyclic) bond motifs is 1. The van der Waals surface area contributed by atoms with Crippen LogP contribution >= 0.6 is 0 Å². The maximum absolute atomic E-state index is 11.0. The summed E-state index contributed by atoms with van der Waals surface area (Å²) in [6.45, 7) is 0. The average Bonchev–Trinajstić information content (AvgIpc) is 2.16. The van der Waals surface area contributed by atoms with Crippen LogP contribution in [0.5, 0.6) is 0 Å². The van der Waals surface area contributed by atoms with E-state index in [4.69, 9.17) is 5.11 Å². The van der Waals surface area contributed by atoms with Gasteiger partial charge < -0.3 is 10.1 Å². The van der Waals surface area contributed by atoms with Crippen molar-refractivity contribution in [1.82, 2.24) is 9.97 Å². The smallest absolute Gasteiger partial charge is 0.355 e. The summed E-state index contributed by atoms with van der Waals surface area (Å²) in [6, 6.07) is 0. The molecule has 14 heavy (non-hydrogen) atoms. The van der Waals surface area contributed by atoms with E-state index < -0.39 is 11.7 Å². The minimum atomic E-state index is -1.12. The van der Waals surface area contributed by atoms with Crippen molar-refractivity contribution in [3.05, 3.63) is 27.4 Å². The molecule has 0 spiro atoms. The van der Waals surface area contributed by atoms with Gasteiger partial charge in [0.2, 0.25) is 0 Å². The van der Waals surface area contributed by atoms with Crippen LogP contribution < -0.4 is 5.69 Å². The number of aromatic carboxylic acids is 1. The molecular weight excluding hydrogens is 184 g/mol. The van der Waals surface area contributed by atoms with Crippen molar-refractivity contribution >= 4 is 5.97 Å². The highest BCUT2D eigenvalue weighted by Gasteiger charge is 2.19. The largest absolute Gasteiger partial charge is 0.476 e. The molecule has 0 bridgehead atoms. The lowest BCUT2D eigenvalue weighted by atomic mass is 9.95. The monoisotopic (exact) mass is 194 g/mol. The van der Waals surface area contributed by atoms with Gasteiger partial charge in [-0.1, -0.05) is 0 Å². The highest BCUT2D eigenvalue weighted by Crippen LogP contribution is 2.19. The van der Waals surface area contributed by atoms with Crippen LogP contribution in [0.1, 0.15) is 34.6 Å². The lowest BCUT2D eigenvalue weighted by molar-refractivity contribution is 0.0688. The van der Waals surface area contributed by atoms with Crippen molar-refractivity contribution in [2.45, 2.75) is 25.7 Å². The zero-order valence-electron chi connectivity index (χ0n) is 7.54. The molecule has 0 aliphatic heterocycles. The van der Waals surface area contributed by atoms with E-state index in [0.29, 0.717) is 12.0 Å². The van der Waals surface area contributed by atoms with E-state index in [1.165, 1.54) is 0 Å². The zero-order valence-corrected chi connectivity index (χ0v) is 7.54. The molecule has 1 heterocycles. The number of aryl methyl sites for hydroxylation is 1. The Morgan fingerprint density at radius 2 is 2.07 bits per heavy atom. The van der Waals surface area contributed by atoms with Crippen LogP contribution in [0.3, 0.4) is 0 Å². The number of rotatable bonds is 1. The van der Waals surface area contributed by atoms with Gasteiger partial charge in [-0.15, -0.1) is 0 Å². The van der Waals surface area contributed by atoms with Crippen LogP contribution in [0, 0.1) is 0 Å². The molecule has 0 unspecified atom stereocenters. The second kappa shape index (κ2) is 3.25. The molecule has 2 rings (SSSR count). The van der Waals surface area contributed by atoms with E-state index in [9.17, 15) is 9.59 Å². The number of nitrogens with zero attached hydrogens (tertiary/aromatic N) is 1. The first kappa shape index (κ1) is 8.93. The van der Waals surface area contributed by atoms with Gasteiger partial charge in [-0.05, 0) is 25.7 Å². The molecule has 0 fully saturated rings. The predicted octanol–water partition coefficient (Wildman–Crippen LogP) is 0.347. The van der Waals surface area contributed by atoms with Crippen LogP contribution in [0.2, 0.25) is 0 Å². The molecule has 1 aromatic rings. The minimum Gasteiger partial charge on any atom is -0.476 e. The maximum Gasteiger partial charge on any atom is 0.355 e. The summed E-state index contributed by atoms with van der Waals surface area (Å²) in [5, 5.41) is 8.85. The molecule has 5 nitrogen and oxygen atoms in total. The van der Waals surface area contributed by atoms with Crippen molar-refractivity contribution in [3.63, 3.8) is 0 Å². The number of carbonyl (C=O) groups is 1. The van der Waals surface area contributed by atoms with Crippen molar-refractivity contribution in [2.24, 2.45) is 0 Å². The van der Waals surface area contributed by atoms with Crippen LogP contribution in [0.4, 0.5) is 0 Å². The number of aromatic nitrogens is 2. The Labute approximate surface area is 79.8 Å². The van der Waals surface area contributed by atoms with Gasteiger partial charge >= 0.3 is 11.7 Å². The van der Waals surface area contributed by atoms with E-state index in [1.807, 2.05) is 0 Å². The second-order valence-electron chi connectivity index (χ2n) is 3.36. The molecule has 0 atom stereocenters. The Balaban J connectivity index is 2.64. The number of nitrogens with one attached hydrogen (secondary N) is 1. The number of H-pyrrole nitrogens is 1. The first-order valence-electron chi connectivity index (χ1n) is 4.54. The molecule has 0 saturated heterocycles. The van der Waals surface area contributed by atoms with Crippen LogP contribution in [0.25, 0.3) is 0 Å². The summed E-state index contributed by atoms with van der Waals surface area (Å²) in [7, 11) is 0. The Bertz CT molecular complexity index is 436. The summed E-state index contributed by atoms with van der Waals surface area (Å²) in [5.74, 6) is -1.12. The standard InChI is InChI=1S/C9H10N2O3/c12-8(13)7-5-3-1-2-4-6(5)10-9(14)11-7/h1-4H2,(H,12,13)(H,10,11,14). The fourth-order valence-corrected chi connectivity index (χ4v) is 1.81. The van der Waals surface area contributed by atoms with Gasteiger partial charge in [0.25, 0.3) is 0 Å². The molecule has 0 radical (unpaired) electrons. The first-order chi connectivity index (χ1) is 6.68. The van der Waals surface area contributed by atoms with Crippen molar-refractivity contribution in [3.8, 4) is 0 Å². The minimum absolute atomic E-state index is 0.0801. The lowest BCUT2D eigenvalue weighted by Gasteiger charge is -2.15. The van der Waals surface area contributed by atoms with Crippen LogP contribution in [-0.4, -0.2) is 21.0 Å². The van der Waals surface area contributed by atoms with E-state index in [1.54, 1.807) is 0 Å². The molecule has 2 N–H and O–H groups in total. The number of carboxylic acid groups (broad SMARTS) is 1. The normalized spacial score (nSPS) is 14.9.